The minimum absolute atomic E-state index is 0.0216. The van der Waals surface area contributed by atoms with Crippen molar-refractivity contribution >= 4 is 21.8 Å². The summed E-state index contributed by atoms with van der Waals surface area (Å²) in [6.45, 7) is 3.74. The van der Waals surface area contributed by atoms with Crippen LogP contribution >= 0.6 is 0 Å². The molecule has 1 aliphatic heterocycles. The van der Waals surface area contributed by atoms with Crippen molar-refractivity contribution in [3.63, 3.8) is 0 Å². The lowest BCUT2D eigenvalue weighted by molar-refractivity contribution is -0.131. The van der Waals surface area contributed by atoms with E-state index in [-0.39, 0.29) is 23.8 Å². The summed E-state index contributed by atoms with van der Waals surface area (Å²) in [6.07, 6.45) is 1.77. The zero-order valence-corrected chi connectivity index (χ0v) is 17.5. The Morgan fingerprint density at radius 3 is 2.45 bits per heavy atom. The third-order valence-corrected chi connectivity index (χ3v) is 6.98. The smallest absolute Gasteiger partial charge is 0.267 e. The number of amides is 2. The van der Waals surface area contributed by atoms with Gasteiger partial charge in [-0.05, 0) is 50.8 Å². The number of aryl methyl sites for hydroxylation is 2. The highest BCUT2D eigenvalue weighted by Crippen LogP contribution is 2.27. The highest BCUT2D eigenvalue weighted by molar-refractivity contribution is 7.89. The fraction of sp³-hybridized carbons (Fsp3) is 0.364. The van der Waals surface area contributed by atoms with Gasteiger partial charge in [0.05, 0.1) is 4.90 Å². The number of sulfonamides is 1. The summed E-state index contributed by atoms with van der Waals surface area (Å²) in [4.78, 5) is 25.1. The number of hydrogen-bond acceptors (Lipinski definition) is 4. The van der Waals surface area contributed by atoms with Crippen molar-refractivity contribution in [3.05, 3.63) is 65.7 Å². The van der Waals surface area contributed by atoms with E-state index < -0.39 is 27.9 Å². The first-order chi connectivity index (χ1) is 13.8. The lowest BCUT2D eigenvalue weighted by Gasteiger charge is -2.25. The molecule has 0 aromatic heterocycles. The molecule has 2 aromatic carbocycles. The summed E-state index contributed by atoms with van der Waals surface area (Å²) in [5.41, 5.74) is 2.09. The molecule has 1 saturated heterocycles. The first kappa shape index (κ1) is 21.0. The Morgan fingerprint density at radius 1 is 1.14 bits per heavy atom. The van der Waals surface area contributed by atoms with Crippen molar-refractivity contribution in [2.75, 3.05) is 0 Å². The van der Waals surface area contributed by atoms with Crippen LogP contribution in [0.1, 0.15) is 37.3 Å². The Morgan fingerprint density at radius 2 is 1.79 bits per heavy atom. The molecule has 0 saturated carbocycles. The number of nitrogens with zero attached hydrogens (tertiary/aromatic N) is 1. The van der Waals surface area contributed by atoms with E-state index in [1.54, 1.807) is 12.1 Å². The molecular formula is C22H26N2O4S. The van der Waals surface area contributed by atoms with Gasteiger partial charge in [-0.15, -0.1) is 0 Å². The van der Waals surface area contributed by atoms with Crippen LogP contribution in [0.2, 0.25) is 0 Å². The second-order valence-corrected chi connectivity index (χ2v) is 9.31. The fourth-order valence-electron chi connectivity index (χ4n) is 3.46. The van der Waals surface area contributed by atoms with Gasteiger partial charge in [0.25, 0.3) is 10.0 Å². The van der Waals surface area contributed by atoms with Crippen molar-refractivity contribution < 1.29 is 18.0 Å². The third kappa shape index (κ3) is 4.85. The molecule has 0 spiro atoms. The molecule has 2 amide bonds. The van der Waals surface area contributed by atoms with E-state index in [1.807, 2.05) is 44.2 Å². The molecule has 2 atom stereocenters. The van der Waals surface area contributed by atoms with Crippen molar-refractivity contribution in [2.24, 2.45) is 0 Å². The summed E-state index contributed by atoms with van der Waals surface area (Å²) in [5.74, 6) is -0.963. The minimum atomic E-state index is -4.07. The van der Waals surface area contributed by atoms with Gasteiger partial charge in [0.15, 0.2) is 0 Å². The minimum Gasteiger partial charge on any atom is -0.352 e. The number of rotatable bonds is 7. The number of carbonyl (C=O) groups is 2. The summed E-state index contributed by atoms with van der Waals surface area (Å²) in [5, 5.41) is 2.88. The summed E-state index contributed by atoms with van der Waals surface area (Å²) >= 11 is 0. The van der Waals surface area contributed by atoms with E-state index in [1.165, 1.54) is 17.7 Å². The van der Waals surface area contributed by atoms with Gasteiger partial charge < -0.3 is 5.32 Å². The molecule has 1 aliphatic rings. The van der Waals surface area contributed by atoms with E-state index in [4.69, 9.17) is 0 Å². The van der Waals surface area contributed by atoms with Gasteiger partial charge in [-0.1, -0.05) is 48.0 Å². The van der Waals surface area contributed by atoms with Crippen LogP contribution < -0.4 is 5.32 Å². The van der Waals surface area contributed by atoms with Crippen LogP contribution in [0.3, 0.4) is 0 Å². The Balaban J connectivity index is 1.69. The Kier molecular flexibility index (Phi) is 6.37. The van der Waals surface area contributed by atoms with Crippen LogP contribution in [-0.4, -0.2) is 36.6 Å². The number of nitrogens with one attached hydrogen (secondary N) is 1. The summed E-state index contributed by atoms with van der Waals surface area (Å²) in [6, 6.07) is 15.1. The maximum Gasteiger partial charge on any atom is 0.267 e. The standard InChI is InChI=1S/C22H26N2O4S/c1-16-8-12-19(13-9-16)29(27,28)24-20(14-15-21(24)25)22(26)23-17(2)10-11-18-6-4-3-5-7-18/h3-9,12-13,17,20H,10-11,14-15H2,1-2H3,(H,23,26)/t17-,20-/m1/s1. The molecule has 3 rings (SSSR count). The van der Waals surface area contributed by atoms with Crippen molar-refractivity contribution in [1.29, 1.82) is 0 Å². The number of benzene rings is 2. The fourth-order valence-corrected chi connectivity index (χ4v) is 5.07. The van der Waals surface area contributed by atoms with Gasteiger partial charge in [0.1, 0.15) is 6.04 Å². The molecule has 1 N–H and O–H groups in total. The summed E-state index contributed by atoms with van der Waals surface area (Å²) < 4.78 is 26.7. The second kappa shape index (κ2) is 8.78. The lowest BCUT2D eigenvalue weighted by atomic mass is 10.1. The van der Waals surface area contributed by atoms with Crippen LogP contribution in [0.5, 0.6) is 0 Å². The molecule has 0 bridgehead atoms. The quantitative estimate of drug-likeness (QED) is 0.755. The number of hydrogen-bond donors (Lipinski definition) is 1. The average molecular weight is 415 g/mol. The van der Waals surface area contributed by atoms with Gasteiger partial charge in [0.2, 0.25) is 11.8 Å². The van der Waals surface area contributed by atoms with Crippen LogP contribution in [0.25, 0.3) is 0 Å². The van der Waals surface area contributed by atoms with Gasteiger partial charge in [-0.2, -0.15) is 0 Å². The first-order valence-electron chi connectivity index (χ1n) is 9.77. The highest BCUT2D eigenvalue weighted by atomic mass is 32.2. The lowest BCUT2D eigenvalue weighted by Crippen LogP contribution is -2.49. The molecule has 1 fully saturated rings. The predicted octanol–water partition coefficient (Wildman–Crippen LogP) is 2.81. The molecule has 6 nitrogen and oxygen atoms in total. The zero-order chi connectivity index (χ0) is 21.0. The zero-order valence-electron chi connectivity index (χ0n) is 16.7. The first-order valence-corrected chi connectivity index (χ1v) is 11.2. The van der Waals surface area contributed by atoms with E-state index in [9.17, 15) is 18.0 Å². The average Bonchev–Trinajstić information content (AvgIpc) is 3.10. The van der Waals surface area contributed by atoms with Crippen LogP contribution in [0.15, 0.2) is 59.5 Å². The van der Waals surface area contributed by atoms with Crippen molar-refractivity contribution in [2.45, 2.75) is 56.5 Å². The molecule has 154 valence electrons. The van der Waals surface area contributed by atoms with Gasteiger partial charge in [-0.3, -0.25) is 9.59 Å². The normalized spacial score (nSPS) is 17.9. The predicted molar refractivity (Wildman–Crippen MR) is 111 cm³/mol. The van der Waals surface area contributed by atoms with E-state index in [2.05, 4.69) is 5.32 Å². The Bertz CT molecular complexity index is 972. The monoisotopic (exact) mass is 414 g/mol. The Labute approximate surface area is 172 Å². The van der Waals surface area contributed by atoms with E-state index >= 15 is 0 Å². The van der Waals surface area contributed by atoms with Gasteiger partial charge in [-0.25, -0.2) is 12.7 Å². The topological polar surface area (TPSA) is 83.6 Å². The largest absolute Gasteiger partial charge is 0.352 e. The Hall–Kier alpha value is -2.67. The van der Waals surface area contributed by atoms with E-state index in [0.717, 1.165) is 22.7 Å². The maximum atomic E-state index is 13.0. The second-order valence-electron chi connectivity index (χ2n) is 7.50. The van der Waals surface area contributed by atoms with Crippen LogP contribution in [-0.2, 0) is 26.0 Å². The van der Waals surface area contributed by atoms with E-state index in [0.29, 0.717) is 0 Å². The molecule has 0 radical (unpaired) electrons. The molecule has 29 heavy (non-hydrogen) atoms. The number of carbonyl (C=O) groups excluding carboxylic acids is 2. The summed E-state index contributed by atoms with van der Waals surface area (Å²) in [7, 11) is -4.07. The third-order valence-electron chi connectivity index (χ3n) is 5.14. The SMILES string of the molecule is Cc1ccc(S(=O)(=O)N2C(=O)CC[C@@H]2C(=O)N[C@H](C)CCc2ccccc2)cc1. The maximum absolute atomic E-state index is 13.0. The molecule has 1 heterocycles. The van der Waals surface area contributed by atoms with Crippen molar-refractivity contribution in [1.82, 2.24) is 9.62 Å². The highest BCUT2D eigenvalue weighted by Gasteiger charge is 2.44. The molecule has 2 aromatic rings. The van der Waals surface area contributed by atoms with Crippen molar-refractivity contribution in [3.8, 4) is 0 Å². The molecular weight excluding hydrogens is 388 g/mol. The molecule has 0 aliphatic carbocycles. The van der Waals surface area contributed by atoms with Crippen LogP contribution in [0, 0.1) is 6.92 Å². The van der Waals surface area contributed by atoms with Crippen LogP contribution in [0.4, 0.5) is 0 Å². The molecule has 7 heteroatoms. The van der Waals surface area contributed by atoms with Gasteiger partial charge in [0, 0.05) is 12.5 Å². The van der Waals surface area contributed by atoms with Gasteiger partial charge >= 0.3 is 0 Å². The molecule has 0 unspecified atom stereocenters.